The topological polar surface area (TPSA) is 95.1 Å². The molecule has 0 saturated carbocycles. The molecule has 0 spiro atoms. The second-order valence-corrected chi connectivity index (χ2v) is 3.44. The maximum atomic E-state index is 11.2. The average molecular weight is 209 g/mol. The normalized spacial score (nSPS) is 14.7. The Bertz CT molecular complexity index is 452. The summed E-state index contributed by atoms with van der Waals surface area (Å²) in [5.41, 5.74) is 1.54. The number of carboxylic acids is 1. The first-order valence-corrected chi connectivity index (χ1v) is 4.70. The zero-order valence-electron chi connectivity index (χ0n) is 8.04. The van der Waals surface area contributed by atoms with Crippen LogP contribution in [0, 0.1) is 0 Å². The third-order valence-corrected chi connectivity index (χ3v) is 2.38. The lowest BCUT2D eigenvalue weighted by atomic mass is 10.0. The van der Waals surface area contributed by atoms with Crippen LogP contribution in [0.15, 0.2) is 4.79 Å². The summed E-state index contributed by atoms with van der Waals surface area (Å²) in [4.78, 5) is 28.1. The fourth-order valence-corrected chi connectivity index (χ4v) is 1.74. The predicted molar refractivity (Wildman–Crippen MR) is 51.6 cm³/mol. The summed E-state index contributed by atoms with van der Waals surface area (Å²) in [7, 11) is 0. The van der Waals surface area contributed by atoms with Gasteiger partial charge in [0.2, 0.25) is 0 Å². The first kappa shape index (κ1) is 9.85. The van der Waals surface area contributed by atoms with Gasteiger partial charge in [0.05, 0.1) is 12.1 Å². The van der Waals surface area contributed by atoms with Crippen LogP contribution >= 0.6 is 0 Å². The SMILES string of the molecule is O=C(O)Cc1nc(=O)[nH]c2c1CNCC2. The van der Waals surface area contributed by atoms with Crippen LogP contribution in [0.5, 0.6) is 0 Å². The van der Waals surface area contributed by atoms with Crippen molar-refractivity contribution in [1.82, 2.24) is 15.3 Å². The van der Waals surface area contributed by atoms with Crippen LogP contribution in [0.1, 0.15) is 17.0 Å². The van der Waals surface area contributed by atoms with E-state index < -0.39 is 11.7 Å². The molecule has 2 rings (SSSR count). The van der Waals surface area contributed by atoms with Crippen molar-refractivity contribution in [2.45, 2.75) is 19.4 Å². The van der Waals surface area contributed by atoms with Crippen LogP contribution in [0.4, 0.5) is 0 Å². The summed E-state index contributed by atoms with van der Waals surface area (Å²) in [5.74, 6) is -0.971. The van der Waals surface area contributed by atoms with Crippen LogP contribution in [0.2, 0.25) is 0 Å². The molecule has 1 aromatic rings. The fraction of sp³-hybridized carbons (Fsp3) is 0.444. The van der Waals surface area contributed by atoms with Crippen LogP contribution in [0.3, 0.4) is 0 Å². The standard InChI is InChI=1S/C9H11N3O3/c13-8(14)3-7-5-4-10-2-1-6(5)11-9(15)12-7/h10H,1-4H2,(H,13,14)(H,11,12,15). The summed E-state index contributed by atoms with van der Waals surface area (Å²) >= 11 is 0. The molecule has 2 heterocycles. The van der Waals surface area contributed by atoms with Gasteiger partial charge in [0, 0.05) is 30.8 Å². The van der Waals surface area contributed by atoms with Gasteiger partial charge in [-0.05, 0) is 0 Å². The summed E-state index contributed by atoms with van der Waals surface area (Å²) in [5, 5.41) is 11.8. The van der Waals surface area contributed by atoms with Crippen molar-refractivity contribution < 1.29 is 9.90 Å². The molecule has 0 unspecified atom stereocenters. The van der Waals surface area contributed by atoms with Crippen molar-refractivity contribution in [1.29, 1.82) is 0 Å². The number of nitrogens with zero attached hydrogens (tertiary/aromatic N) is 1. The van der Waals surface area contributed by atoms with E-state index >= 15 is 0 Å². The van der Waals surface area contributed by atoms with Crippen molar-refractivity contribution in [2.75, 3.05) is 6.54 Å². The van der Waals surface area contributed by atoms with Gasteiger partial charge in [-0.15, -0.1) is 0 Å². The first-order chi connectivity index (χ1) is 7.16. The molecule has 0 amide bonds. The third-order valence-electron chi connectivity index (χ3n) is 2.38. The molecule has 1 aliphatic rings. The Hall–Kier alpha value is -1.69. The van der Waals surface area contributed by atoms with Gasteiger partial charge in [-0.3, -0.25) is 4.79 Å². The van der Waals surface area contributed by atoms with E-state index in [1.54, 1.807) is 0 Å². The van der Waals surface area contributed by atoms with Crippen LogP contribution in [-0.4, -0.2) is 27.6 Å². The third kappa shape index (κ3) is 2.04. The number of aliphatic carboxylic acids is 1. The van der Waals surface area contributed by atoms with E-state index in [1.807, 2.05) is 0 Å². The highest BCUT2D eigenvalue weighted by Crippen LogP contribution is 2.13. The number of nitrogens with one attached hydrogen (secondary N) is 2. The maximum absolute atomic E-state index is 11.2. The molecule has 0 radical (unpaired) electrons. The van der Waals surface area contributed by atoms with Crippen molar-refractivity contribution in [3.63, 3.8) is 0 Å². The number of H-pyrrole nitrogens is 1. The molecule has 6 nitrogen and oxygen atoms in total. The molecular formula is C9H11N3O3. The zero-order valence-corrected chi connectivity index (χ0v) is 8.04. The molecule has 3 N–H and O–H groups in total. The van der Waals surface area contributed by atoms with E-state index in [2.05, 4.69) is 15.3 Å². The number of carbonyl (C=O) groups is 1. The van der Waals surface area contributed by atoms with E-state index in [9.17, 15) is 9.59 Å². The van der Waals surface area contributed by atoms with E-state index in [1.165, 1.54) is 0 Å². The molecule has 15 heavy (non-hydrogen) atoms. The number of aromatic nitrogens is 2. The summed E-state index contributed by atoms with van der Waals surface area (Å²) < 4.78 is 0. The van der Waals surface area contributed by atoms with Gasteiger partial charge in [-0.25, -0.2) is 4.79 Å². The minimum absolute atomic E-state index is 0.200. The number of carboxylic acid groups (broad SMARTS) is 1. The molecule has 0 fully saturated rings. The van der Waals surface area contributed by atoms with Crippen LogP contribution < -0.4 is 11.0 Å². The predicted octanol–water partition coefficient (Wildman–Crippen LogP) is -0.957. The number of aromatic amines is 1. The molecule has 6 heteroatoms. The van der Waals surface area contributed by atoms with E-state index in [-0.39, 0.29) is 6.42 Å². The molecule has 0 bridgehead atoms. The Morgan fingerprint density at radius 2 is 2.33 bits per heavy atom. The lowest BCUT2D eigenvalue weighted by Gasteiger charge is -2.18. The summed E-state index contributed by atoms with van der Waals surface area (Å²) in [6, 6.07) is 0. The van der Waals surface area contributed by atoms with E-state index in [4.69, 9.17) is 5.11 Å². The smallest absolute Gasteiger partial charge is 0.345 e. The Morgan fingerprint density at radius 1 is 1.53 bits per heavy atom. The molecule has 0 aromatic carbocycles. The lowest BCUT2D eigenvalue weighted by molar-refractivity contribution is -0.136. The molecule has 0 saturated heterocycles. The second-order valence-electron chi connectivity index (χ2n) is 3.44. The minimum Gasteiger partial charge on any atom is -0.481 e. The monoisotopic (exact) mass is 209 g/mol. The Balaban J connectivity index is 2.47. The van der Waals surface area contributed by atoms with Crippen LogP contribution in [-0.2, 0) is 24.2 Å². The highest BCUT2D eigenvalue weighted by molar-refractivity contribution is 5.70. The minimum atomic E-state index is -0.971. The van der Waals surface area contributed by atoms with Crippen LogP contribution in [0.25, 0.3) is 0 Å². The van der Waals surface area contributed by atoms with E-state index in [0.29, 0.717) is 18.7 Å². The van der Waals surface area contributed by atoms with Crippen molar-refractivity contribution in [3.05, 3.63) is 27.4 Å². The summed E-state index contributed by atoms with van der Waals surface area (Å²) in [6.45, 7) is 1.36. The molecule has 1 aromatic heterocycles. The molecule has 0 atom stereocenters. The number of hydrogen-bond donors (Lipinski definition) is 3. The van der Waals surface area contributed by atoms with Gasteiger partial charge in [-0.2, -0.15) is 4.98 Å². The largest absolute Gasteiger partial charge is 0.481 e. The summed E-state index contributed by atoms with van der Waals surface area (Å²) in [6.07, 6.45) is 0.508. The first-order valence-electron chi connectivity index (χ1n) is 4.70. The molecular weight excluding hydrogens is 198 g/mol. The van der Waals surface area contributed by atoms with Crippen molar-refractivity contribution in [2.24, 2.45) is 0 Å². The Labute approximate surface area is 85.4 Å². The number of rotatable bonds is 2. The molecule has 80 valence electrons. The van der Waals surface area contributed by atoms with Gasteiger partial charge in [0.15, 0.2) is 0 Å². The highest BCUT2D eigenvalue weighted by Gasteiger charge is 2.17. The second kappa shape index (κ2) is 3.82. The zero-order chi connectivity index (χ0) is 10.8. The van der Waals surface area contributed by atoms with Crippen molar-refractivity contribution in [3.8, 4) is 0 Å². The number of hydrogen-bond acceptors (Lipinski definition) is 4. The van der Waals surface area contributed by atoms with Gasteiger partial charge in [0.25, 0.3) is 0 Å². The maximum Gasteiger partial charge on any atom is 0.345 e. The van der Waals surface area contributed by atoms with Gasteiger partial charge in [0.1, 0.15) is 0 Å². The Morgan fingerprint density at radius 3 is 3.07 bits per heavy atom. The Kier molecular flexibility index (Phi) is 2.51. The number of fused-ring (bicyclic) bond motifs is 1. The van der Waals surface area contributed by atoms with Gasteiger partial charge in [-0.1, -0.05) is 0 Å². The fourth-order valence-electron chi connectivity index (χ4n) is 1.74. The molecule has 1 aliphatic heterocycles. The van der Waals surface area contributed by atoms with Gasteiger partial charge >= 0.3 is 11.7 Å². The van der Waals surface area contributed by atoms with Gasteiger partial charge < -0.3 is 15.4 Å². The van der Waals surface area contributed by atoms with E-state index in [0.717, 1.165) is 17.8 Å². The highest BCUT2D eigenvalue weighted by atomic mass is 16.4. The quantitative estimate of drug-likeness (QED) is 0.583. The lowest BCUT2D eigenvalue weighted by Crippen LogP contribution is -2.30. The molecule has 0 aliphatic carbocycles. The van der Waals surface area contributed by atoms with Crippen molar-refractivity contribution >= 4 is 5.97 Å². The average Bonchev–Trinajstić information content (AvgIpc) is 2.16.